The first-order valence-electron chi connectivity index (χ1n) is 6.44. The zero-order chi connectivity index (χ0) is 14.9. The Balaban J connectivity index is 2.88. The van der Waals surface area contributed by atoms with Gasteiger partial charge in [-0.1, -0.05) is 32.1 Å². The number of methoxy groups -OCH3 is 2. The highest BCUT2D eigenvalue weighted by molar-refractivity contribution is 5.87. The standard InChI is InChI=1S/C16H19NO3/c1-10-6-7-16(2,3)9-11-13(19-4)8-12(15(18)20-5)17-14(10)11/h6-9H,1-5H3. The van der Waals surface area contributed by atoms with Gasteiger partial charge in [0.2, 0.25) is 0 Å². The molecule has 0 saturated heterocycles. The van der Waals surface area contributed by atoms with Crippen LogP contribution in [0.15, 0.2) is 18.2 Å². The van der Waals surface area contributed by atoms with Crippen molar-refractivity contribution in [3.63, 3.8) is 0 Å². The van der Waals surface area contributed by atoms with E-state index in [0.29, 0.717) is 5.75 Å². The number of aromatic nitrogens is 1. The molecule has 0 aromatic carbocycles. The van der Waals surface area contributed by atoms with Gasteiger partial charge in [0.25, 0.3) is 0 Å². The smallest absolute Gasteiger partial charge is 0.356 e. The van der Waals surface area contributed by atoms with Crippen LogP contribution in [-0.2, 0) is 4.74 Å². The Morgan fingerprint density at radius 2 is 2.00 bits per heavy atom. The highest BCUT2D eigenvalue weighted by Gasteiger charge is 2.17. The van der Waals surface area contributed by atoms with Crippen molar-refractivity contribution in [1.82, 2.24) is 4.98 Å². The summed E-state index contributed by atoms with van der Waals surface area (Å²) in [5.74, 6) is 0.165. The van der Waals surface area contributed by atoms with Gasteiger partial charge < -0.3 is 9.47 Å². The van der Waals surface area contributed by atoms with Crippen LogP contribution in [0.4, 0.5) is 0 Å². The van der Waals surface area contributed by atoms with E-state index in [-0.39, 0.29) is 11.1 Å². The minimum absolute atomic E-state index is 0.103. The lowest BCUT2D eigenvalue weighted by atomic mass is 9.92. The zero-order valence-corrected chi connectivity index (χ0v) is 12.5. The number of ether oxygens (including phenoxy) is 2. The SMILES string of the molecule is COC(=O)c1cc(OC)c2c(n1)=C(C)C=CC(C)(C)C=2. The summed E-state index contributed by atoms with van der Waals surface area (Å²) in [6.07, 6.45) is 6.24. The maximum Gasteiger partial charge on any atom is 0.356 e. The normalized spacial score (nSPS) is 15.9. The first-order chi connectivity index (χ1) is 9.38. The molecule has 0 spiro atoms. The predicted octanol–water partition coefficient (Wildman–Crippen LogP) is 1.42. The molecule has 4 nitrogen and oxygen atoms in total. The lowest BCUT2D eigenvalue weighted by Gasteiger charge is -2.14. The van der Waals surface area contributed by atoms with Gasteiger partial charge >= 0.3 is 5.97 Å². The van der Waals surface area contributed by atoms with Crippen LogP contribution in [0.5, 0.6) is 5.75 Å². The van der Waals surface area contributed by atoms with Gasteiger partial charge in [-0.25, -0.2) is 9.78 Å². The maximum atomic E-state index is 11.7. The molecule has 0 atom stereocenters. The van der Waals surface area contributed by atoms with Crippen LogP contribution in [-0.4, -0.2) is 25.2 Å². The fourth-order valence-corrected chi connectivity index (χ4v) is 2.19. The molecule has 20 heavy (non-hydrogen) atoms. The fraction of sp³-hybridized carbons (Fsp3) is 0.375. The van der Waals surface area contributed by atoms with E-state index >= 15 is 0 Å². The van der Waals surface area contributed by atoms with Crippen molar-refractivity contribution < 1.29 is 14.3 Å². The molecule has 1 aliphatic carbocycles. The zero-order valence-electron chi connectivity index (χ0n) is 12.5. The highest BCUT2D eigenvalue weighted by atomic mass is 16.5. The van der Waals surface area contributed by atoms with Crippen molar-refractivity contribution in [3.05, 3.63) is 34.5 Å². The number of rotatable bonds is 2. The van der Waals surface area contributed by atoms with Gasteiger partial charge in [0.1, 0.15) is 5.75 Å². The quantitative estimate of drug-likeness (QED) is 0.765. The number of nitrogens with zero attached hydrogens (tertiary/aromatic N) is 1. The average molecular weight is 273 g/mol. The van der Waals surface area contributed by atoms with Crippen LogP contribution in [0, 0.1) is 5.41 Å². The molecule has 0 radical (unpaired) electrons. The summed E-state index contributed by atoms with van der Waals surface area (Å²) in [7, 11) is 2.93. The molecule has 0 bridgehead atoms. The molecule has 106 valence electrons. The summed E-state index contributed by atoms with van der Waals surface area (Å²) in [5.41, 5.74) is 1.14. The average Bonchev–Trinajstić information content (AvgIpc) is 2.54. The van der Waals surface area contributed by atoms with Crippen molar-refractivity contribution in [3.8, 4) is 5.75 Å². The van der Waals surface area contributed by atoms with Crippen LogP contribution in [0.2, 0.25) is 0 Å². The molecule has 1 aromatic heterocycles. The first-order valence-corrected chi connectivity index (χ1v) is 6.44. The van der Waals surface area contributed by atoms with E-state index in [1.807, 2.05) is 13.0 Å². The number of hydrogen-bond acceptors (Lipinski definition) is 4. The van der Waals surface area contributed by atoms with E-state index in [9.17, 15) is 4.79 Å². The Kier molecular flexibility index (Phi) is 3.66. The minimum Gasteiger partial charge on any atom is -0.496 e. The third-order valence-corrected chi connectivity index (χ3v) is 3.29. The number of pyridine rings is 1. The summed E-state index contributed by atoms with van der Waals surface area (Å²) in [5, 5.41) is 1.67. The van der Waals surface area contributed by atoms with Crippen molar-refractivity contribution >= 4 is 17.6 Å². The molecule has 4 heteroatoms. The van der Waals surface area contributed by atoms with Gasteiger partial charge in [-0.15, -0.1) is 0 Å². The van der Waals surface area contributed by atoms with Gasteiger partial charge in [0.15, 0.2) is 5.69 Å². The molecule has 0 aliphatic heterocycles. The lowest BCUT2D eigenvalue weighted by molar-refractivity contribution is 0.0593. The van der Waals surface area contributed by atoms with Gasteiger partial charge in [-0.3, -0.25) is 0 Å². The molecule has 0 amide bonds. The first kappa shape index (κ1) is 14.3. The molecule has 2 rings (SSSR count). The third kappa shape index (κ3) is 2.59. The molecule has 0 saturated carbocycles. The number of hydrogen-bond donors (Lipinski definition) is 0. The second-order valence-electron chi connectivity index (χ2n) is 5.45. The van der Waals surface area contributed by atoms with Gasteiger partial charge in [-0.05, 0) is 12.5 Å². The van der Waals surface area contributed by atoms with Crippen LogP contribution in [0.3, 0.4) is 0 Å². The molecule has 1 heterocycles. The summed E-state index contributed by atoms with van der Waals surface area (Å²) >= 11 is 0. The van der Waals surface area contributed by atoms with Gasteiger partial charge in [0, 0.05) is 16.7 Å². The van der Waals surface area contributed by atoms with E-state index in [0.717, 1.165) is 16.1 Å². The van der Waals surface area contributed by atoms with Crippen LogP contribution in [0.25, 0.3) is 11.6 Å². The second-order valence-corrected chi connectivity index (χ2v) is 5.45. The molecule has 0 fully saturated rings. The van der Waals surface area contributed by atoms with E-state index < -0.39 is 5.97 Å². The monoisotopic (exact) mass is 273 g/mol. The van der Waals surface area contributed by atoms with Crippen molar-refractivity contribution in [1.29, 1.82) is 0 Å². The number of fused-ring (bicyclic) bond motifs is 1. The predicted molar refractivity (Wildman–Crippen MR) is 77.8 cm³/mol. The molecule has 0 N–H and O–H groups in total. The Morgan fingerprint density at radius 1 is 1.30 bits per heavy atom. The Hall–Kier alpha value is -2.10. The largest absolute Gasteiger partial charge is 0.496 e. The molecule has 1 aliphatic rings. The molecular formula is C16H19NO3. The molecule has 0 unspecified atom stereocenters. The van der Waals surface area contributed by atoms with Crippen LogP contribution < -0.4 is 15.3 Å². The molecule has 1 aromatic rings. The van der Waals surface area contributed by atoms with E-state index in [1.54, 1.807) is 13.2 Å². The summed E-state index contributed by atoms with van der Waals surface area (Å²) in [6, 6.07) is 1.62. The highest BCUT2D eigenvalue weighted by Crippen LogP contribution is 2.22. The second kappa shape index (κ2) is 5.12. The van der Waals surface area contributed by atoms with Gasteiger partial charge in [0.05, 0.1) is 19.6 Å². The Morgan fingerprint density at radius 3 is 2.60 bits per heavy atom. The lowest BCUT2D eigenvalue weighted by Crippen LogP contribution is -2.34. The van der Waals surface area contributed by atoms with Crippen molar-refractivity contribution in [2.45, 2.75) is 20.8 Å². The number of allylic oxidation sites excluding steroid dienone is 2. The Bertz CT molecular complexity index is 699. The van der Waals surface area contributed by atoms with Crippen LogP contribution in [0.1, 0.15) is 31.3 Å². The summed E-state index contributed by atoms with van der Waals surface area (Å²) in [4.78, 5) is 16.1. The summed E-state index contributed by atoms with van der Waals surface area (Å²) < 4.78 is 10.2. The van der Waals surface area contributed by atoms with Crippen molar-refractivity contribution in [2.75, 3.05) is 14.2 Å². The third-order valence-electron chi connectivity index (χ3n) is 3.29. The van der Waals surface area contributed by atoms with Crippen molar-refractivity contribution in [2.24, 2.45) is 5.41 Å². The van der Waals surface area contributed by atoms with Gasteiger partial charge in [-0.2, -0.15) is 0 Å². The topological polar surface area (TPSA) is 48.4 Å². The maximum absolute atomic E-state index is 11.7. The number of carbonyl (C=O) groups excluding carboxylic acids is 1. The number of esters is 1. The van der Waals surface area contributed by atoms with E-state index in [2.05, 4.69) is 31.0 Å². The Labute approximate surface area is 118 Å². The van der Waals surface area contributed by atoms with E-state index in [1.165, 1.54) is 7.11 Å². The van der Waals surface area contributed by atoms with Crippen LogP contribution >= 0.6 is 0 Å². The summed E-state index contributed by atoms with van der Waals surface area (Å²) in [6.45, 7) is 6.19. The van der Waals surface area contributed by atoms with E-state index in [4.69, 9.17) is 9.47 Å². The molecular weight excluding hydrogens is 254 g/mol. The fourth-order valence-electron chi connectivity index (χ4n) is 2.19. The minimum atomic E-state index is -0.466. The number of carbonyl (C=O) groups is 1.